The Bertz CT molecular complexity index is 906. The van der Waals surface area contributed by atoms with Crippen LogP contribution in [-0.4, -0.2) is 29.4 Å². The minimum atomic E-state index is -0.671. The third-order valence-electron chi connectivity index (χ3n) is 5.20. The molecular weight excluding hydrogens is 394 g/mol. The second-order valence-corrected chi connectivity index (χ2v) is 8.04. The zero-order valence-corrected chi connectivity index (χ0v) is 16.9. The monoisotopic (exact) mass is 415 g/mol. The van der Waals surface area contributed by atoms with Crippen LogP contribution in [0, 0.1) is 5.92 Å². The van der Waals surface area contributed by atoms with Gasteiger partial charge < -0.3 is 21.3 Å². The van der Waals surface area contributed by atoms with Gasteiger partial charge in [-0.3, -0.25) is 10.1 Å². The summed E-state index contributed by atoms with van der Waals surface area (Å²) in [7, 11) is 0. The lowest BCUT2D eigenvalue weighted by molar-refractivity contribution is -0.126. The van der Waals surface area contributed by atoms with Gasteiger partial charge in [0.25, 0.3) is 0 Å². The summed E-state index contributed by atoms with van der Waals surface area (Å²) in [4.78, 5) is 15.4. The van der Waals surface area contributed by atoms with Gasteiger partial charge in [-0.2, -0.15) is 0 Å². The number of amides is 1. The number of anilines is 2. The largest absolute Gasteiger partial charge is 0.349 e. The van der Waals surface area contributed by atoms with Crippen LogP contribution < -0.4 is 26.6 Å². The highest BCUT2D eigenvalue weighted by Gasteiger charge is 2.41. The van der Waals surface area contributed by atoms with Gasteiger partial charge in [0.1, 0.15) is 5.92 Å². The Labute approximate surface area is 174 Å². The van der Waals surface area contributed by atoms with Gasteiger partial charge in [-0.25, -0.2) is 0 Å². The summed E-state index contributed by atoms with van der Waals surface area (Å²) in [5.74, 6) is -0.866. The van der Waals surface area contributed by atoms with Crippen molar-refractivity contribution in [2.45, 2.75) is 31.8 Å². The molecular formula is C20H22ClN5OS. The summed E-state index contributed by atoms with van der Waals surface area (Å²) in [6, 6.07) is 15.6. The van der Waals surface area contributed by atoms with Crippen molar-refractivity contribution in [1.82, 2.24) is 10.6 Å². The summed E-state index contributed by atoms with van der Waals surface area (Å²) in [5.41, 5.74) is 9.46. The van der Waals surface area contributed by atoms with Crippen LogP contribution in [0.5, 0.6) is 0 Å². The van der Waals surface area contributed by atoms with E-state index in [4.69, 9.17) is 29.6 Å². The number of benzene rings is 2. The summed E-state index contributed by atoms with van der Waals surface area (Å²) in [5, 5.41) is 10.1. The van der Waals surface area contributed by atoms with Crippen molar-refractivity contribution in [3.8, 4) is 0 Å². The molecule has 1 fully saturated rings. The number of hydrogen-bond acceptors (Lipinski definition) is 5. The Morgan fingerprint density at radius 1 is 1.25 bits per heavy atom. The first-order chi connectivity index (χ1) is 13.4. The van der Waals surface area contributed by atoms with E-state index in [1.165, 1.54) is 5.56 Å². The molecule has 1 saturated heterocycles. The van der Waals surface area contributed by atoms with Crippen LogP contribution in [0.25, 0.3) is 0 Å². The van der Waals surface area contributed by atoms with E-state index in [-0.39, 0.29) is 18.2 Å². The number of nitrogens with two attached hydrogens (primary N) is 1. The highest BCUT2D eigenvalue weighted by atomic mass is 35.5. The van der Waals surface area contributed by atoms with Crippen molar-refractivity contribution in [2.75, 3.05) is 10.2 Å². The van der Waals surface area contributed by atoms with Crippen molar-refractivity contribution < 1.29 is 4.79 Å². The quantitative estimate of drug-likeness (QED) is 0.576. The first kappa shape index (κ1) is 19.1. The van der Waals surface area contributed by atoms with Gasteiger partial charge in [0.05, 0.1) is 11.2 Å². The molecule has 0 radical (unpaired) electrons. The minimum Gasteiger partial charge on any atom is -0.349 e. The zero-order valence-electron chi connectivity index (χ0n) is 15.4. The summed E-state index contributed by atoms with van der Waals surface area (Å²) < 4.78 is 0. The number of nitrogens with one attached hydrogen (secondary N) is 3. The van der Waals surface area contributed by atoms with Gasteiger partial charge in [0.2, 0.25) is 5.91 Å². The predicted molar refractivity (Wildman–Crippen MR) is 116 cm³/mol. The molecule has 2 aromatic rings. The molecule has 0 saturated carbocycles. The number of hydrogen-bond donors (Lipinski definition) is 4. The maximum Gasteiger partial charge on any atom is 0.235 e. The molecule has 1 amide bonds. The van der Waals surface area contributed by atoms with E-state index in [1.54, 1.807) is 24.3 Å². The number of carbonyl (C=O) groups is 1. The van der Waals surface area contributed by atoms with Crippen LogP contribution in [0.2, 0.25) is 5.02 Å². The maximum atomic E-state index is 12.9. The standard InChI is InChI=1S/C20H22ClN5OS/c1-11-10-12-4-2-3-5-15(12)26(11)20-24-17(22)16(18(27)25-20)19(28)23-14-8-6-13(21)7-9-14/h2-9,11,16-17,20,24H,10,22H2,1H3,(H,23,28)(H,25,27). The van der Waals surface area contributed by atoms with Gasteiger partial charge in [-0.1, -0.05) is 42.0 Å². The van der Waals surface area contributed by atoms with Gasteiger partial charge in [0.15, 0.2) is 6.29 Å². The van der Waals surface area contributed by atoms with Gasteiger partial charge in [0, 0.05) is 22.4 Å². The molecule has 0 spiro atoms. The summed E-state index contributed by atoms with van der Waals surface area (Å²) >= 11 is 11.4. The Morgan fingerprint density at radius 2 is 1.96 bits per heavy atom. The van der Waals surface area contributed by atoms with Crippen LogP contribution >= 0.6 is 23.8 Å². The highest BCUT2D eigenvalue weighted by molar-refractivity contribution is 7.80. The van der Waals surface area contributed by atoms with Crippen molar-refractivity contribution in [3.05, 3.63) is 59.1 Å². The molecule has 4 atom stereocenters. The molecule has 5 N–H and O–H groups in total. The fourth-order valence-corrected chi connectivity index (χ4v) is 4.37. The third kappa shape index (κ3) is 3.58. The molecule has 146 valence electrons. The van der Waals surface area contributed by atoms with E-state index < -0.39 is 12.1 Å². The van der Waals surface area contributed by atoms with E-state index in [0.717, 1.165) is 17.8 Å². The lowest BCUT2D eigenvalue weighted by Crippen LogP contribution is -2.71. The van der Waals surface area contributed by atoms with Crippen LogP contribution in [0.3, 0.4) is 0 Å². The number of nitrogens with zero attached hydrogens (tertiary/aromatic N) is 1. The third-order valence-corrected chi connectivity index (χ3v) is 5.81. The molecule has 2 aliphatic heterocycles. The summed E-state index contributed by atoms with van der Waals surface area (Å²) in [6.07, 6.45) is -0.0545. The maximum absolute atomic E-state index is 12.9. The first-order valence-electron chi connectivity index (χ1n) is 9.19. The fourth-order valence-electron chi connectivity index (χ4n) is 3.88. The van der Waals surface area contributed by atoms with Crippen molar-refractivity contribution in [2.24, 2.45) is 11.7 Å². The molecule has 2 heterocycles. The number of rotatable bonds is 3. The molecule has 2 aliphatic rings. The van der Waals surface area contributed by atoms with E-state index in [9.17, 15) is 4.79 Å². The van der Waals surface area contributed by atoms with E-state index in [1.807, 2.05) is 12.1 Å². The first-order valence-corrected chi connectivity index (χ1v) is 9.97. The Kier molecular flexibility index (Phi) is 5.25. The Morgan fingerprint density at radius 3 is 2.68 bits per heavy atom. The lowest BCUT2D eigenvalue weighted by atomic mass is 10.0. The number of thiocarbonyl (C=S) groups is 1. The predicted octanol–water partition coefficient (Wildman–Crippen LogP) is 2.43. The van der Waals surface area contributed by atoms with Crippen LogP contribution in [0.1, 0.15) is 12.5 Å². The molecule has 2 aromatic carbocycles. The van der Waals surface area contributed by atoms with Crippen molar-refractivity contribution in [1.29, 1.82) is 0 Å². The second kappa shape index (κ2) is 7.67. The Hall–Kier alpha value is -2.19. The summed E-state index contributed by atoms with van der Waals surface area (Å²) in [6.45, 7) is 2.14. The van der Waals surface area contributed by atoms with Crippen LogP contribution in [0.4, 0.5) is 11.4 Å². The normalized spacial score (nSPS) is 26.5. The van der Waals surface area contributed by atoms with Crippen molar-refractivity contribution in [3.63, 3.8) is 0 Å². The molecule has 0 bridgehead atoms. The molecule has 28 heavy (non-hydrogen) atoms. The number of fused-ring (bicyclic) bond motifs is 1. The number of halogens is 1. The topological polar surface area (TPSA) is 82.4 Å². The highest BCUT2D eigenvalue weighted by Crippen LogP contribution is 2.33. The van der Waals surface area contributed by atoms with E-state index in [2.05, 4.69) is 39.9 Å². The van der Waals surface area contributed by atoms with Gasteiger partial charge in [-0.15, -0.1) is 0 Å². The van der Waals surface area contributed by atoms with Crippen LogP contribution in [0.15, 0.2) is 48.5 Å². The van der Waals surface area contributed by atoms with Crippen molar-refractivity contribution >= 4 is 46.1 Å². The zero-order chi connectivity index (χ0) is 19.8. The van der Waals surface area contributed by atoms with E-state index >= 15 is 0 Å². The SMILES string of the molecule is CC1Cc2ccccc2N1C1NC(=O)C(C(=S)Nc2ccc(Cl)cc2)C(N)N1. The van der Waals surface area contributed by atoms with Gasteiger partial charge in [-0.05, 0) is 49.2 Å². The molecule has 8 heteroatoms. The minimum absolute atomic E-state index is 0.195. The number of carbonyl (C=O) groups excluding carboxylic acids is 1. The van der Waals surface area contributed by atoms with Crippen LogP contribution in [-0.2, 0) is 11.2 Å². The lowest BCUT2D eigenvalue weighted by Gasteiger charge is -2.42. The molecule has 6 nitrogen and oxygen atoms in total. The second-order valence-electron chi connectivity index (χ2n) is 7.17. The average molecular weight is 416 g/mol. The van der Waals surface area contributed by atoms with E-state index in [0.29, 0.717) is 10.0 Å². The average Bonchev–Trinajstić information content (AvgIpc) is 2.98. The number of para-hydroxylation sites is 1. The smallest absolute Gasteiger partial charge is 0.235 e. The van der Waals surface area contributed by atoms with Gasteiger partial charge >= 0.3 is 0 Å². The molecule has 4 unspecified atom stereocenters. The molecule has 0 aliphatic carbocycles. The molecule has 0 aromatic heterocycles. The Balaban J connectivity index is 1.48. The fraction of sp³-hybridized carbons (Fsp3) is 0.300. The molecule has 4 rings (SSSR count).